The molecule has 0 saturated carbocycles. The normalized spacial score (nSPS) is 16.4. The highest BCUT2D eigenvalue weighted by atomic mass is 35.5. The summed E-state index contributed by atoms with van der Waals surface area (Å²) in [4.78, 5) is 0. The highest BCUT2D eigenvalue weighted by Crippen LogP contribution is 2.37. The fourth-order valence-electron chi connectivity index (χ4n) is 0.369. The van der Waals surface area contributed by atoms with Crippen molar-refractivity contribution >= 4 is 23.2 Å². The number of hydrogen-bond donors (Lipinski definition) is 0. The van der Waals surface area contributed by atoms with E-state index in [0.29, 0.717) is 0 Å². The standard InChI is InChI=1S/C4H2Cl2F6O/c5-2(6)13-4(11,12)1(7)3(8,9)10/h1-2H/t1-/m0/s1. The molecule has 0 aromatic carbocycles. The molecule has 0 fully saturated rings. The Balaban J connectivity index is 4.45. The highest BCUT2D eigenvalue weighted by Gasteiger charge is 2.58. The van der Waals surface area contributed by atoms with E-state index in [1.165, 1.54) is 0 Å². The first-order valence-electron chi connectivity index (χ1n) is 2.62. The van der Waals surface area contributed by atoms with E-state index >= 15 is 0 Å². The monoisotopic (exact) mass is 250 g/mol. The van der Waals surface area contributed by atoms with Gasteiger partial charge in [0, 0.05) is 0 Å². The maximum Gasteiger partial charge on any atom is 0.428 e. The Morgan fingerprint density at radius 3 is 1.62 bits per heavy atom. The van der Waals surface area contributed by atoms with Crippen molar-refractivity contribution in [1.82, 2.24) is 0 Å². The molecule has 0 unspecified atom stereocenters. The summed E-state index contributed by atoms with van der Waals surface area (Å²) < 4.78 is 73.2. The topological polar surface area (TPSA) is 9.23 Å². The minimum absolute atomic E-state index is 2.24. The molecule has 0 aromatic rings. The fraction of sp³-hybridized carbons (Fsp3) is 1.00. The lowest BCUT2D eigenvalue weighted by Gasteiger charge is -2.22. The van der Waals surface area contributed by atoms with Gasteiger partial charge in [-0.15, -0.1) is 0 Å². The molecule has 1 atom stereocenters. The van der Waals surface area contributed by atoms with Crippen LogP contribution in [-0.4, -0.2) is 23.5 Å². The maximum absolute atomic E-state index is 12.1. The van der Waals surface area contributed by atoms with Crippen molar-refractivity contribution in [2.45, 2.75) is 23.5 Å². The largest absolute Gasteiger partial charge is 0.428 e. The van der Waals surface area contributed by atoms with Crippen LogP contribution in [0.25, 0.3) is 0 Å². The second-order valence-electron chi connectivity index (χ2n) is 1.84. The van der Waals surface area contributed by atoms with E-state index in [4.69, 9.17) is 0 Å². The molecule has 1 nitrogen and oxygen atoms in total. The average Bonchev–Trinajstić information content (AvgIpc) is 1.80. The van der Waals surface area contributed by atoms with Crippen LogP contribution in [0.1, 0.15) is 0 Å². The second-order valence-corrected chi connectivity index (χ2v) is 2.86. The smallest absolute Gasteiger partial charge is 0.284 e. The van der Waals surface area contributed by atoms with Crippen molar-refractivity contribution in [2.24, 2.45) is 0 Å². The SMILES string of the molecule is F[C@@H](C(F)(F)F)C(F)(F)OC(Cl)Cl. The first kappa shape index (κ1) is 13.1. The van der Waals surface area contributed by atoms with Gasteiger partial charge in [0.2, 0.25) is 5.02 Å². The van der Waals surface area contributed by atoms with Gasteiger partial charge in [-0.2, -0.15) is 22.0 Å². The predicted molar refractivity (Wildman–Crippen MR) is 32.5 cm³/mol. The van der Waals surface area contributed by atoms with Crippen LogP contribution in [0.3, 0.4) is 0 Å². The van der Waals surface area contributed by atoms with Crippen LogP contribution in [0.4, 0.5) is 26.3 Å². The molecule has 9 heteroatoms. The quantitative estimate of drug-likeness (QED) is 0.552. The first-order valence-corrected chi connectivity index (χ1v) is 3.49. The lowest BCUT2D eigenvalue weighted by atomic mass is 10.3. The van der Waals surface area contributed by atoms with E-state index in [1.54, 1.807) is 0 Å². The predicted octanol–water partition coefficient (Wildman–Crippen LogP) is 3.26. The molecule has 0 rings (SSSR count). The summed E-state index contributed by atoms with van der Waals surface area (Å²) in [6, 6.07) is 0. The molecule has 0 radical (unpaired) electrons. The van der Waals surface area contributed by atoms with Crippen LogP contribution >= 0.6 is 23.2 Å². The van der Waals surface area contributed by atoms with E-state index in [-0.39, 0.29) is 0 Å². The summed E-state index contributed by atoms with van der Waals surface area (Å²) in [5.41, 5.74) is 0. The minimum atomic E-state index is -5.73. The lowest BCUT2D eigenvalue weighted by Crippen LogP contribution is -2.44. The van der Waals surface area contributed by atoms with E-state index in [1.807, 2.05) is 0 Å². The summed E-state index contributed by atoms with van der Waals surface area (Å²) in [6.45, 7) is 0. The fourth-order valence-corrected chi connectivity index (χ4v) is 0.607. The Hall–Kier alpha value is 0.120. The van der Waals surface area contributed by atoms with Gasteiger partial charge in [0.15, 0.2) is 0 Å². The van der Waals surface area contributed by atoms with Gasteiger partial charge in [0.25, 0.3) is 6.17 Å². The Morgan fingerprint density at radius 2 is 1.38 bits per heavy atom. The van der Waals surface area contributed by atoms with Crippen molar-refractivity contribution in [3.63, 3.8) is 0 Å². The molecule has 0 spiro atoms. The van der Waals surface area contributed by atoms with Gasteiger partial charge in [-0.05, 0) is 0 Å². The Morgan fingerprint density at radius 1 is 1.00 bits per heavy atom. The van der Waals surface area contributed by atoms with Gasteiger partial charge in [-0.3, -0.25) is 4.74 Å². The molecular formula is C4H2Cl2F6O. The molecule has 0 amide bonds. The summed E-state index contributed by atoms with van der Waals surface area (Å²) >= 11 is 9.17. The Kier molecular flexibility index (Phi) is 4.14. The van der Waals surface area contributed by atoms with Crippen molar-refractivity contribution in [1.29, 1.82) is 0 Å². The van der Waals surface area contributed by atoms with Gasteiger partial charge in [-0.1, -0.05) is 23.2 Å². The number of halogens is 8. The number of hydrogen-bond acceptors (Lipinski definition) is 1. The third kappa shape index (κ3) is 4.24. The number of rotatable bonds is 3. The van der Waals surface area contributed by atoms with Gasteiger partial charge in [-0.25, -0.2) is 4.39 Å². The van der Waals surface area contributed by atoms with Crippen LogP contribution < -0.4 is 0 Å². The van der Waals surface area contributed by atoms with Crippen molar-refractivity contribution in [3.8, 4) is 0 Å². The minimum Gasteiger partial charge on any atom is -0.284 e. The summed E-state index contributed by atoms with van der Waals surface area (Å²) in [7, 11) is 0. The van der Waals surface area contributed by atoms with Crippen LogP contribution in [0.15, 0.2) is 0 Å². The zero-order chi connectivity index (χ0) is 10.9. The molecule has 0 aliphatic carbocycles. The molecule has 0 aromatic heterocycles. The van der Waals surface area contributed by atoms with Gasteiger partial charge in [0.05, 0.1) is 0 Å². The van der Waals surface area contributed by atoms with Gasteiger partial charge >= 0.3 is 12.3 Å². The molecule has 80 valence electrons. The van der Waals surface area contributed by atoms with Gasteiger partial charge < -0.3 is 0 Å². The second kappa shape index (κ2) is 4.10. The van der Waals surface area contributed by atoms with E-state index in [2.05, 4.69) is 27.9 Å². The van der Waals surface area contributed by atoms with Crippen molar-refractivity contribution in [2.75, 3.05) is 0 Å². The zero-order valence-corrected chi connectivity index (χ0v) is 7.10. The summed E-state index contributed by atoms with van der Waals surface area (Å²) in [5.74, 6) is 0. The molecule has 13 heavy (non-hydrogen) atoms. The molecule has 0 aliphatic rings. The zero-order valence-electron chi connectivity index (χ0n) is 5.59. The molecule has 0 saturated heterocycles. The third-order valence-electron chi connectivity index (χ3n) is 0.829. The van der Waals surface area contributed by atoms with Crippen molar-refractivity contribution in [3.05, 3.63) is 0 Å². The van der Waals surface area contributed by atoms with Crippen LogP contribution in [0, 0.1) is 0 Å². The lowest BCUT2D eigenvalue weighted by molar-refractivity contribution is -0.334. The Labute approximate surface area is 78.5 Å². The number of alkyl halides is 8. The molecular weight excluding hydrogens is 249 g/mol. The molecule has 0 aliphatic heterocycles. The van der Waals surface area contributed by atoms with Crippen LogP contribution in [0.2, 0.25) is 0 Å². The van der Waals surface area contributed by atoms with Gasteiger partial charge in [0.1, 0.15) is 0 Å². The van der Waals surface area contributed by atoms with E-state index < -0.39 is 23.5 Å². The van der Waals surface area contributed by atoms with Crippen LogP contribution in [0.5, 0.6) is 0 Å². The van der Waals surface area contributed by atoms with Crippen LogP contribution in [-0.2, 0) is 4.74 Å². The molecule has 0 bridgehead atoms. The van der Waals surface area contributed by atoms with E-state index in [0.717, 1.165) is 0 Å². The van der Waals surface area contributed by atoms with E-state index in [9.17, 15) is 26.3 Å². The summed E-state index contributed by atoms with van der Waals surface area (Å²) in [6.07, 6.45) is -15.3. The molecule has 0 N–H and O–H groups in total. The Bertz CT molecular complexity index is 169. The maximum atomic E-state index is 12.1. The first-order chi connectivity index (χ1) is 5.57. The summed E-state index contributed by atoms with van der Waals surface area (Å²) in [5, 5.41) is -2.24. The highest BCUT2D eigenvalue weighted by molar-refractivity contribution is 6.43. The average molecular weight is 251 g/mol. The number of ether oxygens (including phenoxy) is 1. The molecule has 0 heterocycles. The van der Waals surface area contributed by atoms with Crippen molar-refractivity contribution < 1.29 is 31.1 Å². The third-order valence-corrected chi connectivity index (χ3v) is 1.01.